The second kappa shape index (κ2) is 7.59. The maximum Gasteiger partial charge on any atom is 0.274 e. The van der Waals surface area contributed by atoms with E-state index in [9.17, 15) is 9.18 Å². The molecule has 0 saturated carbocycles. The summed E-state index contributed by atoms with van der Waals surface area (Å²) < 4.78 is 13.1. The molecule has 0 radical (unpaired) electrons. The molecule has 1 saturated heterocycles. The molecule has 3 rings (SSSR count). The SMILES string of the molecule is CCN(C(=O)c1ccc(N2CCCC2)nn1)[C@@H](C)c1ccc(F)cc1. The Morgan fingerprint density at radius 2 is 1.84 bits per heavy atom. The monoisotopic (exact) mass is 342 g/mol. The van der Waals surface area contributed by atoms with Crippen LogP contribution >= 0.6 is 0 Å². The van der Waals surface area contributed by atoms with Gasteiger partial charge < -0.3 is 9.80 Å². The number of hydrogen-bond donors (Lipinski definition) is 0. The first-order chi connectivity index (χ1) is 12.1. The number of benzene rings is 1. The first-order valence-electron chi connectivity index (χ1n) is 8.75. The van der Waals surface area contributed by atoms with Crippen LogP contribution in [0.5, 0.6) is 0 Å². The summed E-state index contributed by atoms with van der Waals surface area (Å²) in [5.41, 5.74) is 1.22. The Bertz CT molecular complexity index is 711. The molecule has 1 amide bonds. The number of anilines is 1. The highest BCUT2D eigenvalue weighted by molar-refractivity contribution is 5.92. The molecule has 0 aliphatic carbocycles. The third-order valence-corrected chi connectivity index (χ3v) is 4.72. The second-order valence-corrected chi connectivity index (χ2v) is 6.29. The Hall–Kier alpha value is -2.50. The molecular formula is C19H23FN4O. The fourth-order valence-electron chi connectivity index (χ4n) is 3.22. The maximum absolute atomic E-state index is 13.1. The molecule has 132 valence electrons. The first-order valence-corrected chi connectivity index (χ1v) is 8.75. The zero-order chi connectivity index (χ0) is 17.8. The average Bonchev–Trinajstić information content (AvgIpc) is 3.17. The van der Waals surface area contributed by atoms with E-state index >= 15 is 0 Å². The minimum Gasteiger partial charge on any atom is -0.355 e. The minimum absolute atomic E-state index is 0.167. The smallest absolute Gasteiger partial charge is 0.274 e. The third-order valence-electron chi connectivity index (χ3n) is 4.72. The van der Waals surface area contributed by atoms with Gasteiger partial charge in [-0.2, -0.15) is 0 Å². The van der Waals surface area contributed by atoms with Crippen LogP contribution in [0.1, 0.15) is 48.8 Å². The van der Waals surface area contributed by atoms with Crippen LogP contribution in [0.25, 0.3) is 0 Å². The van der Waals surface area contributed by atoms with Gasteiger partial charge in [0.25, 0.3) is 5.91 Å². The van der Waals surface area contributed by atoms with E-state index in [-0.39, 0.29) is 17.8 Å². The number of aromatic nitrogens is 2. The summed E-state index contributed by atoms with van der Waals surface area (Å²) in [7, 11) is 0. The van der Waals surface area contributed by atoms with Crippen molar-refractivity contribution >= 4 is 11.7 Å². The molecule has 2 aromatic rings. The van der Waals surface area contributed by atoms with Crippen LogP contribution < -0.4 is 4.90 Å². The Kier molecular flexibility index (Phi) is 5.26. The normalized spacial score (nSPS) is 15.2. The summed E-state index contributed by atoms with van der Waals surface area (Å²) in [4.78, 5) is 16.7. The molecule has 1 fully saturated rings. The highest BCUT2D eigenvalue weighted by atomic mass is 19.1. The van der Waals surface area contributed by atoms with Crippen LogP contribution in [0.15, 0.2) is 36.4 Å². The number of rotatable bonds is 5. The van der Waals surface area contributed by atoms with E-state index < -0.39 is 0 Å². The van der Waals surface area contributed by atoms with E-state index in [0.717, 1.165) is 24.5 Å². The number of halogens is 1. The second-order valence-electron chi connectivity index (χ2n) is 6.29. The van der Waals surface area contributed by atoms with E-state index in [1.54, 1.807) is 23.1 Å². The molecule has 6 heteroatoms. The van der Waals surface area contributed by atoms with Crippen LogP contribution in [-0.4, -0.2) is 40.6 Å². The molecule has 1 aromatic carbocycles. The van der Waals surface area contributed by atoms with Crippen molar-refractivity contribution in [3.05, 3.63) is 53.5 Å². The van der Waals surface area contributed by atoms with Crippen molar-refractivity contribution in [1.82, 2.24) is 15.1 Å². The van der Waals surface area contributed by atoms with E-state index in [1.165, 1.54) is 25.0 Å². The van der Waals surface area contributed by atoms with Crippen molar-refractivity contribution in [1.29, 1.82) is 0 Å². The van der Waals surface area contributed by atoms with Crippen molar-refractivity contribution in [3.63, 3.8) is 0 Å². The summed E-state index contributed by atoms with van der Waals surface area (Å²) in [6.07, 6.45) is 2.34. The molecular weight excluding hydrogens is 319 g/mol. The molecule has 1 aliphatic rings. The fourth-order valence-corrected chi connectivity index (χ4v) is 3.22. The Labute approximate surface area is 147 Å². The predicted molar refractivity (Wildman–Crippen MR) is 95.0 cm³/mol. The Morgan fingerprint density at radius 3 is 2.40 bits per heavy atom. The lowest BCUT2D eigenvalue weighted by Gasteiger charge is -2.28. The standard InChI is InChI=1S/C19H23FN4O/c1-3-24(14(2)15-6-8-16(20)9-7-15)19(25)17-10-11-18(22-21-17)23-12-4-5-13-23/h6-11,14H,3-5,12-13H2,1-2H3/t14-/m0/s1. The van der Waals surface area contributed by atoms with E-state index in [2.05, 4.69) is 15.1 Å². The van der Waals surface area contributed by atoms with Crippen molar-refractivity contribution in [2.24, 2.45) is 0 Å². The maximum atomic E-state index is 13.1. The lowest BCUT2D eigenvalue weighted by molar-refractivity contribution is 0.0695. The predicted octanol–water partition coefficient (Wildman–Crippen LogP) is 3.44. The van der Waals surface area contributed by atoms with E-state index in [4.69, 9.17) is 0 Å². The fraction of sp³-hybridized carbons (Fsp3) is 0.421. The van der Waals surface area contributed by atoms with Crippen molar-refractivity contribution in [2.45, 2.75) is 32.7 Å². The molecule has 5 nitrogen and oxygen atoms in total. The zero-order valence-electron chi connectivity index (χ0n) is 14.7. The molecule has 2 heterocycles. The topological polar surface area (TPSA) is 49.3 Å². The zero-order valence-corrected chi connectivity index (χ0v) is 14.7. The Balaban J connectivity index is 1.76. The molecule has 1 aliphatic heterocycles. The van der Waals surface area contributed by atoms with Crippen LogP contribution in [-0.2, 0) is 0 Å². The Morgan fingerprint density at radius 1 is 1.16 bits per heavy atom. The highest BCUT2D eigenvalue weighted by Gasteiger charge is 2.23. The number of carbonyl (C=O) groups excluding carboxylic acids is 1. The van der Waals surface area contributed by atoms with Gasteiger partial charge in [0.05, 0.1) is 6.04 Å². The van der Waals surface area contributed by atoms with Gasteiger partial charge in [0.2, 0.25) is 0 Å². The van der Waals surface area contributed by atoms with Gasteiger partial charge in [0, 0.05) is 19.6 Å². The summed E-state index contributed by atoms with van der Waals surface area (Å²) >= 11 is 0. The van der Waals surface area contributed by atoms with Gasteiger partial charge >= 0.3 is 0 Å². The molecule has 1 aromatic heterocycles. The largest absolute Gasteiger partial charge is 0.355 e. The molecule has 0 N–H and O–H groups in total. The van der Waals surface area contributed by atoms with Crippen LogP contribution in [0, 0.1) is 5.82 Å². The van der Waals surface area contributed by atoms with Gasteiger partial charge in [0.1, 0.15) is 5.82 Å². The van der Waals surface area contributed by atoms with Gasteiger partial charge in [-0.1, -0.05) is 12.1 Å². The molecule has 0 unspecified atom stereocenters. The number of hydrogen-bond acceptors (Lipinski definition) is 4. The van der Waals surface area contributed by atoms with Crippen molar-refractivity contribution < 1.29 is 9.18 Å². The summed E-state index contributed by atoms with van der Waals surface area (Å²) in [5, 5.41) is 8.36. The number of amides is 1. The molecule has 0 bridgehead atoms. The van der Waals surface area contributed by atoms with Gasteiger partial charge in [0.15, 0.2) is 11.5 Å². The third kappa shape index (κ3) is 3.78. The van der Waals surface area contributed by atoms with Gasteiger partial charge in [-0.25, -0.2) is 4.39 Å². The minimum atomic E-state index is -0.284. The summed E-state index contributed by atoms with van der Waals surface area (Å²) in [6.45, 7) is 6.37. The molecule has 1 atom stereocenters. The van der Waals surface area contributed by atoms with Gasteiger partial charge in [-0.05, 0) is 56.5 Å². The summed E-state index contributed by atoms with van der Waals surface area (Å²) in [5.74, 6) is 0.372. The highest BCUT2D eigenvalue weighted by Crippen LogP contribution is 2.23. The van der Waals surface area contributed by atoms with Crippen LogP contribution in [0.2, 0.25) is 0 Å². The van der Waals surface area contributed by atoms with Crippen molar-refractivity contribution in [2.75, 3.05) is 24.5 Å². The van der Waals surface area contributed by atoms with Crippen LogP contribution in [0.3, 0.4) is 0 Å². The van der Waals surface area contributed by atoms with Crippen molar-refractivity contribution in [3.8, 4) is 0 Å². The number of carbonyl (C=O) groups is 1. The van der Waals surface area contributed by atoms with E-state index in [1.807, 2.05) is 19.9 Å². The van der Waals surface area contributed by atoms with E-state index in [0.29, 0.717) is 12.2 Å². The average molecular weight is 342 g/mol. The molecule has 25 heavy (non-hydrogen) atoms. The number of nitrogens with zero attached hydrogens (tertiary/aromatic N) is 4. The molecule has 0 spiro atoms. The summed E-state index contributed by atoms with van der Waals surface area (Å²) in [6, 6.07) is 9.67. The van der Waals surface area contributed by atoms with Gasteiger partial charge in [-0.15, -0.1) is 10.2 Å². The van der Waals surface area contributed by atoms with Gasteiger partial charge in [-0.3, -0.25) is 4.79 Å². The quantitative estimate of drug-likeness (QED) is 0.835. The first kappa shape index (κ1) is 17.3. The van der Waals surface area contributed by atoms with Crippen LogP contribution in [0.4, 0.5) is 10.2 Å². The lowest BCUT2D eigenvalue weighted by atomic mass is 10.1. The lowest BCUT2D eigenvalue weighted by Crippen LogP contribution is -2.34.